The van der Waals surface area contributed by atoms with Crippen LogP contribution in [0, 0.1) is 20.8 Å². The number of nitrogens with one attached hydrogen (secondary N) is 2. The molecular weight excluding hydrogens is 324 g/mol. The molecule has 24 heavy (non-hydrogen) atoms. The number of nitrogens with zero attached hydrogens (tertiary/aromatic N) is 2. The minimum absolute atomic E-state index is 0.342. The van der Waals surface area contributed by atoms with E-state index in [9.17, 15) is 4.79 Å². The SMILES string of the molecule is Cc1ccc(NC(=O)Nc2ccc3nc(C)c(C)nc3c2)cc1Cl. The molecule has 0 saturated heterocycles. The van der Waals surface area contributed by atoms with Crippen molar-refractivity contribution in [3.63, 3.8) is 0 Å². The van der Waals surface area contributed by atoms with Crippen LogP contribution in [0.4, 0.5) is 16.2 Å². The van der Waals surface area contributed by atoms with E-state index in [1.165, 1.54) is 0 Å². The maximum atomic E-state index is 12.1. The van der Waals surface area contributed by atoms with Crippen molar-refractivity contribution < 1.29 is 4.79 Å². The van der Waals surface area contributed by atoms with Gasteiger partial charge >= 0.3 is 6.03 Å². The maximum absolute atomic E-state index is 12.1. The van der Waals surface area contributed by atoms with Crippen LogP contribution in [-0.2, 0) is 0 Å². The highest BCUT2D eigenvalue weighted by atomic mass is 35.5. The van der Waals surface area contributed by atoms with Gasteiger partial charge in [0.05, 0.1) is 22.4 Å². The largest absolute Gasteiger partial charge is 0.323 e. The third kappa shape index (κ3) is 3.46. The lowest BCUT2D eigenvalue weighted by atomic mass is 10.2. The molecular formula is C18H17ClN4O. The van der Waals surface area contributed by atoms with Crippen LogP contribution >= 0.6 is 11.6 Å². The van der Waals surface area contributed by atoms with Gasteiger partial charge in [-0.15, -0.1) is 0 Å². The lowest BCUT2D eigenvalue weighted by molar-refractivity contribution is 0.262. The summed E-state index contributed by atoms with van der Waals surface area (Å²) in [6.45, 7) is 5.75. The summed E-state index contributed by atoms with van der Waals surface area (Å²) in [7, 11) is 0. The van der Waals surface area contributed by atoms with Crippen LogP contribution < -0.4 is 10.6 Å². The number of amides is 2. The molecule has 6 heteroatoms. The van der Waals surface area contributed by atoms with E-state index >= 15 is 0 Å². The van der Waals surface area contributed by atoms with Gasteiger partial charge in [-0.2, -0.15) is 0 Å². The summed E-state index contributed by atoms with van der Waals surface area (Å²) in [6.07, 6.45) is 0. The Labute approximate surface area is 145 Å². The Balaban J connectivity index is 1.77. The normalized spacial score (nSPS) is 10.7. The number of aryl methyl sites for hydroxylation is 3. The third-order valence-electron chi connectivity index (χ3n) is 3.76. The van der Waals surface area contributed by atoms with Crippen molar-refractivity contribution in [1.29, 1.82) is 0 Å². The second-order valence-corrected chi connectivity index (χ2v) is 6.05. The van der Waals surface area contributed by atoms with Gasteiger partial charge in [0.25, 0.3) is 0 Å². The van der Waals surface area contributed by atoms with E-state index < -0.39 is 0 Å². The first-order valence-electron chi connectivity index (χ1n) is 7.51. The number of carbonyl (C=O) groups is 1. The molecule has 122 valence electrons. The fourth-order valence-electron chi connectivity index (χ4n) is 2.27. The van der Waals surface area contributed by atoms with Gasteiger partial charge in [-0.3, -0.25) is 0 Å². The predicted molar refractivity (Wildman–Crippen MR) is 97.8 cm³/mol. The number of urea groups is 1. The highest BCUT2D eigenvalue weighted by Gasteiger charge is 2.07. The Morgan fingerprint density at radius 2 is 1.46 bits per heavy atom. The summed E-state index contributed by atoms with van der Waals surface area (Å²) in [4.78, 5) is 21.1. The molecule has 0 aliphatic heterocycles. The summed E-state index contributed by atoms with van der Waals surface area (Å²) in [5, 5.41) is 6.16. The monoisotopic (exact) mass is 340 g/mol. The number of rotatable bonds is 2. The van der Waals surface area contributed by atoms with E-state index in [2.05, 4.69) is 20.6 Å². The molecule has 2 amide bonds. The average Bonchev–Trinajstić information content (AvgIpc) is 2.52. The number of hydrogen-bond donors (Lipinski definition) is 2. The summed E-state index contributed by atoms with van der Waals surface area (Å²) < 4.78 is 0. The number of carbonyl (C=O) groups excluding carboxylic acids is 1. The maximum Gasteiger partial charge on any atom is 0.323 e. The second-order valence-electron chi connectivity index (χ2n) is 5.64. The standard InChI is InChI=1S/C18H17ClN4O/c1-10-4-5-13(8-15(10)19)22-18(24)23-14-6-7-16-17(9-14)21-12(3)11(2)20-16/h4-9H,1-3H3,(H2,22,23,24). The van der Waals surface area contributed by atoms with E-state index in [1.807, 2.05) is 32.9 Å². The average molecular weight is 341 g/mol. The Kier molecular flexibility index (Phi) is 4.36. The number of benzene rings is 2. The molecule has 2 aromatic carbocycles. The third-order valence-corrected chi connectivity index (χ3v) is 4.17. The van der Waals surface area contributed by atoms with E-state index in [0.717, 1.165) is 28.0 Å². The molecule has 0 saturated carbocycles. The first-order valence-corrected chi connectivity index (χ1v) is 7.89. The number of aromatic nitrogens is 2. The minimum Gasteiger partial charge on any atom is -0.308 e. The van der Waals surface area contributed by atoms with Crippen LogP contribution in [0.5, 0.6) is 0 Å². The number of halogens is 1. The molecule has 3 aromatic rings. The molecule has 1 aromatic heterocycles. The van der Waals surface area contributed by atoms with E-state index in [4.69, 9.17) is 11.6 Å². The van der Waals surface area contributed by atoms with Crippen LogP contribution in [0.1, 0.15) is 17.0 Å². The van der Waals surface area contributed by atoms with E-state index in [0.29, 0.717) is 16.4 Å². The zero-order valence-electron chi connectivity index (χ0n) is 13.6. The Morgan fingerprint density at radius 1 is 0.875 bits per heavy atom. The highest BCUT2D eigenvalue weighted by molar-refractivity contribution is 6.31. The van der Waals surface area contributed by atoms with E-state index in [-0.39, 0.29) is 6.03 Å². The van der Waals surface area contributed by atoms with Crippen molar-refractivity contribution in [2.75, 3.05) is 10.6 Å². The minimum atomic E-state index is -0.342. The topological polar surface area (TPSA) is 66.9 Å². The molecule has 0 unspecified atom stereocenters. The van der Waals surface area contributed by atoms with Crippen molar-refractivity contribution in [3.05, 3.63) is 58.4 Å². The Bertz CT molecular complexity index is 940. The van der Waals surface area contributed by atoms with Crippen molar-refractivity contribution in [1.82, 2.24) is 9.97 Å². The fraction of sp³-hybridized carbons (Fsp3) is 0.167. The first kappa shape index (κ1) is 16.2. The lowest BCUT2D eigenvalue weighted by Crippen LogP contribution is -2.19. The van der Waals surface area contributed by atoms with Crippen molar-refractivity contribution in [2.45, 2.75) is 20.8 Å². The summed E-state index contributed by atoms with van der Waals surface area (Å²) in [6, 6.07) is 10.5. The van der Waals surface area contributed by atoms with Crippen molar-refractivity contribution in [3.8, 4) is 0 Å². The zero-order valence-corrected chi connectivity index (χ0v) is 14.4. The number of fused-ring (bicyclic) bond motifs is 1. The Morgan fingerprint density at radius 3 is 2.12 bits per heavy atom. The van der Waals surface area contributed by atoms with Gasteiger partial charge in [-0.05, 0) is 56.7 Å². The van der Waals surface area contributed by atoms with E-state index in [1.54, 1.807) is 24.3 Å². The van der Waals surface area contributed by atoms with Gasteiger partial charge in [0.2, 0.25) is 0 Å². The van der Waals surface area contributed by atoms with Crippen molar-refractivity contribution >= 4 is 40.0 Å². The molecule has 2 N–H and O–H groups in total. The summed E-state index contributed by atoms with van der Waals surface area (Å²) >= 11 is 6.06. The zero-order chi connectivity index (χ0) is 17.3. The Hall–Kier alpha value is -2.66. The molecule has 0 atom stereocenters. The van der Waals surface area contributed by atoms with Gasteiger partial charge in [0.1, 0.15) is 0 Å². The first-order chi connectivity index (χ1) is 11.4. The lowest BCUT2D eigenvalue weighted by Gasteiger charge is -2.10. The molecule has 0 aliphatic carbocycles. The van der Waals surface area contributed by atoms with Crippen LogP contribution in [0.15, 0.2) is 36.4 Å². The van der Waals surface area contributed by atoms with Crippen LogP contribution in [0.25, 0.3) is 11.0 Å². The van der Waals surface area contributed by atoms with Gasteiger partial charge in [-0.1, -0.05) is 17.7 Å². The molecule has 1 heterocycles. The molecule has 5 nitrogen and oxygen atoms in total. The molecule has 0 fully saturated rings. The number of hydrogen-bond acceptors (Lipinski definition) is 3. The fourth-order valence-corrected chi connectivity index (χ4v) is 2.45. The van der Waals surface area contributed by atoms with Gasteiger partial charge < -0.3 is 10.6 Å². The van der Waals surface area contributed by atoms with Gasteiger partial charge in [-0.25, -0.2) is 14.8 Å². The quantitative estimate of drug-likeness (QED) is 0.700. The summed E-state index contributed by atoms with van der Waals surface area (Å²) in [5.74, 6) is 0. The van der Waals surface area contributed by atoms with Gasteiger partial charge in [0, 0.05) is 16.4 Å². The summed E-state index contributed by atoms with van der Waals surface area (Å²) in [5.41, 5.74) is 5.56. The molecule has 3 rings (SSSR count). The highest BCUT2D eigenvalue weighted by Crippen LogP contribution is 2.21. The number of anilines is 2. The smallest absolute Gasteiger partial charge is 0.308 e. The predicted octanol–water partition coefficient (Wildman–Crippen LogP) is 4.85. The molecule has 0 aliphatic rings. The van der Waals surface area contributed by atoms with Crippen LogP contribution in [0.3, 0.4) is 0 Å². The van der Waals surface area contributed by atoms with Gasteiger partial charge in [0.15, 0.2) is 0 Å². The molecule has 0 spiro atoms. The van der Waals surface area contributed by atoms with Crippen LogP contribution in [0.2, 0.25) is 5.02 Å². The van der Waals surface area contributed by atoms with Crippen molar-refractivity contribution in [2.24, 2.45) is 0 Å². The molecule has 0 radical (unpaired) electrons. The second kappa shape index (κ2) is 6.45. The molecule has 0 bridgehead atoms. The van der Waals surface area contributed by atoms with Crippen LogP contribution in [-0.4, -0.2) is 16.0 Å².